The van der Waals surface area contributed by atoms with Crippen molar-refractivity contribution >= 4 is 16.1 Å². The topological polar surface area (TPSA) is 77.2 Å². The number of rotatable bonds is 2. The van der Waals surface area contributed by atoms with E-state index in [4.69, 9.17) is 5.73 Å². The summed E-state index contributed by atoms with van der Waals surface area (Å²) < 4.78 is 34.3. The lowest BCUT2D eigenvalue weighted by atomic mass is 10.1. The summed E-state index contributed by atoms with van der Waals surface area (Å²) in [4.78, 5) is 10.3. The monoisotopic (exact) mass is 231 g/mol. The molecule has 0 aliphatic heterocycles. The lowest BCUT2D eigenvalue weighted by molar-refractivity contribution is 0.1000. The van der Waals surface area contributed by atoms with Gasteiger partial charge in [-0.3, -0.25) is 4.79 Å². The predicted octanol–water partition coefficient (Wildman–Crippen LogP) is 1.06. The summed E-state index contributed by atoms with van der Waals surface area (Å²) >= 11 is 0. The highest BCUT2D eigenvalue weighted by Crippen LogP contribution is 2.22. The molecule has 6 heteroatoms. The maximum Gasteiger partial charge on any atom is 0.332 e. The van der Waals surface area contributed by atoms with Crippen LogP contribution in [0.25, 0.3) is 0 Å². The number of halogens is 1. The molecule has 0 bridgehead atoms. The number of carbonyl (C=O) groups is 1. The zero-order valence-corrected chi connectivity index (χ0v) is 9.06. The molecule has 2 N–H and O–H groups in total. The van der Waals surface area contributed by atoms with Crippen LogP contribution in [0.3, 0.4) is 0 Å². The largest absolute Gasteiger partial charge is 0.366 e. The van der Waals surface area contributed by atoms with Crippen molar-refractivity contribution in [2.75, 3.05) is 0 Å². The zero-order chi connectivity index (χ0) is 11.8. The van der Waals surface area contributed by atoms with Crippen LogP contribution in [-0.4, -0.2) is 14.3 Å². The molecule has 0 heterocycles. The third kappa shape index (κ3) is 2.33. The first-order valence-electron chi connectivity index (χ1n) is 4.09. The van der Waals surface area contributed by atoms with Crippen LogP contribution in [0.2, 0.25) is 0 Å². The van der Waals surface area contributed by atoms with Gasteiger partial charge in [0, 0.05) is 5.56 Å². The number of nitrogens with two attached hydrogens (primary N) is 1. The molecule has 0 aliphatic rings. The second-order valence-corrected chi connectivity index (χ2v) is 4.53. The third-order valence-electron chi connectivity index (χ3n) is 2.17. The summed E-state index contributed by atoms with van der Waals surface area (Å²) in [7, 11) is -4.82. The fraction of sp³-hybridized carbons (Fsp3) is 0.222. The quantitative estimate of drug-likeness (QED) is 0.773. The summed E-state index contributed by atoms with van der Waals surface area (Å²) in [5.41, 5.74) is 5.75. The molecule has 0 aliphatic carbocycles. The van der Waals surface area contributed by atoms with E-state index < -0.39 is 21.0 Å². The fourth-order valence-corrected chi connectivity index (χ4v) is 2.02. The summed E-state index contributed by atoms with van der Waals surface area (Å²) in [5, 5.41) is 0. The van der Waals surface area contributed by atoms with Crippen LogP contribution in [-0.2, 0) is 10.2 Å². The van der Waals surface area contributed by atoms with Crippen LogP contribution in [0.5, 0.6) is 0 Å². The minimum Gasteiger partial charge on any atom is -0.366 e. The van der Waals surface area contributed by atoms with E-state index in [0.29, 0.717) is 5.56 Å². The number of amides is 1. The standard InChI is InChI=1S/C9H10FNO3S/c1-5-3-7(9(11)12)4-8(6(5)2)15(10,13)14/h3-4H,1-2H3,(H2,11,12). The van der Waals surface area contributed by atoms with E-state index in [-0.39, 0.29) is 11.1 Å². The number of primary amides is 1. The van der Waals surface area contributed by atoms with Crippen LogP contribution in [0.1, 0.15) is 21.5 Å². The van der Waals surface area contributed by atoms with E-state index in [9.17, 15) is 17.1 Å². The van der Waals surface area contributed by atoms with Crippen LogP contribution >= 0.6 is 0 Å². The van der Waals surface area contributed by atoms with Gasteiger partial charge < -0.3 is 5.73 Å². The molecular weight excluding hydrogens is 221 g/mol. The highest BCUT2D eigenvalue weighted by atomic mass is 32.3. The number of aryl methyl sites for hydroxylation is 1. The summed E-state index contributed by atoms with van der Waals surface area (Å²) in [6, 6.07) is 2.37. The Morgan fingerprint density at radius 1 is 1.33 bits per heavy atom. The van der Waals surface area contributed by atoms with E-state index in [1.54, 1.807) is 6.92 Å². The lowest BCUT2D eigenvalue weighted by Crippen LogP contribution is -2.12. The number of benzene rings is 1. The summed E-state index contributed by atoms with van der Waals surface area (Å²) in [6.07, 6.45) is 0. The van der Waals surface area contributed by atoms with Crippen molar-refractivity contribution in [1.82, 2.24) is 0 Å². The van der Waals surface area contributed by atoms with Crippen LogP contribution < -0.4 is 5.73 Å². The maximum absolute atomic E-state index is 12.8. The number of carbonyl (C=O) groups excluding carboxylic acids is 1. The van der Waals surface area contributed by atoms with Crippen molar-refractivity contribution in [3.63, 3.8) is 0 Å². The van der Waals surface area contributed by atoms with E-state index in [1.165, 1.54) is 13.0 Å². The van der Waals surface area contributed by atoms with Gasteiger partial charge in [0.05, 0.1) is 0 Å². The molecule has 0 saturated heterocycles. The number of hydrogen-bond donors (Lipinski definition) is 1. The van der Waals surface area contributed by atoms with Gasteiger partial charge in [-0.05, 0) is 37.1 Å². The second-order valence-electron chi connectivity index (χ2n) is 3.22. The molecule has 0 spiro atoms. The lowest BCUT2D eigenvalue weighted by Gasteiger charge is -2.06. The Bertz CT molecular complexity index is 522. The van der Waals surface area contributed by atoms with Gasteiger partial charge in [-0.1, -0.05) is 0 Å². The van der Waals surface area contributed by atoms with Crippen molar-refractivity contribution in [2.24, 2.45) is 5.73 Å². The van der Waals surface area contributed by atoms with Crippen molar-refractivity contribution in [3.8, 4) is 0 Å². The van der Waals surface area contributed by atoms with Gasteiger partial charge >= 0.3 is 10.2 Å². The Morgan fingerprint density at radius 3 is 2.27 bits per heavy atom. The van der Waals surface area contributed by atoms with Gasteiger partial charge in [0.2, 0.25) is 5.91 Å². The SMILES string of the molecule is Cc1cc(C(N)=O)cc(S(=O)(=O)F)c1C. The first-order valence-corrected chi connectivity index (χ1v) is 5.47. The molecule has 1 aromatic carbocycles. The molecule has 0 saturated carbocycles. The average Bonchev–Trinajstić information content (AvgIpc) is 2.06. The molecule has 1 amide bonds. The van der Waals surface area contributed by atoms with E-state index in [2.05, 4.69) is 0 Å². The molecule has 15 heavy (non-hydrogen) atoms. The van der Waals surface area contributed by atoms with Crippen LogP contribution in [0.15, 0.2) is 17.0 Å². The molecule has 0 aromatic heterocycles. The Kier molecular flexibility index (Phi) is 2.81. The fourth-order valence-electron chi connectivity index (χ4n) is 1.22. The zero-order valence-electron chi connectivity index (χ0n) is 8.24. The summed E-state index contributed by atoms with van der Waals surface area (Å²) in [5.74, 6) is -0.789. The first-order chi connectivity index (χ1) is 6.73. The Labute approximate surface area is 87.1 Å². The van der Waals surface area contributed by atoms with E-state index in [1.807, 2.05) is 0 Å². The third-order valence-corrected chi connectivity index (χ3v) is 3.12. The Morgan fingerprint density at radius 2 is 1.87 bits per heavy atom. The molecule has 1 aromatic rings. The van der Waals surface area contributed by atoms with E-state index in [0.717, 1.165) is 6.07 Å². The maximum atomic E-state index is 12.8. The Balaban J connectivity index is 3.59. The minimum atomic E-state index is -4.82. The van der Waals surface area contributed by atoms with Gasteiger partial charge in [-0.15, -0.1) is 3.89 Å². The van der Waals surface area contributed by atoms with Gasteiger partial charge in [0.25, 0.3) is 0 Å². The smallest absolute Gasteiger partial charge is 0.332 e. The van der Waals surface area contributed by atoms with E-state index >= 15 is 0 Å². The molecule has 0 atom stereocenters. The van der Waals surface area contributed by atoms with Crippen molar-refractivity contribution in [1.29, 1.82) is 0 Å². The molecule has 0 radical (unpaired) electrons. The highest BCUT2D eigenvalue weighted by Gasteiger charge is 2.18. The minimum absolute atomic E-state index is 0.0191. The van der Waals surface area contributed by atoms with Gasteiger partial charge in [0.1, 0.15) is 4.90 Å². The highest BCUT2D eigenvalue weighted by molar-refractivity contribution is 7.86. The predicted molar refractivity (Wildman–Crippen MR) is 52.7 cm³/mol. The molecule has 0 fully saturated rings. The second kappa shape index (κ2) is 3.62. The number of hydrogen-bond acceptors (Lipinski definition) is 3. The van der Waals surface area contributed by atoms with Crippen molar-refractivity contribution in [2.45, 2.75) is 18.7 Å². The van der Waals surface area contributed by atoms with Crippen molar-refractivity contribution in [3.05, 3.63) is 28.8 Å². The molecule has 82 valence electrons. The van der Waals surface area contributed by atoms with Gasteiger partial charge in [-0.2, -0.15) is 8.42 Å². The van der Waals surface area contributed by atoms with Gasteiger partial charge in [0.15, 0.2) is 0 Å². The normalized spacial score (nSPS) is 11.4. The van der Waals surface area contributed by atoms with Crippen molar-refractivity contribution < 1.29 is 17.1 Å². The molecule has 0 unspecified atom stereocenters. The van der Waals surface area contributed by atoms with Crippen LogP contribution in [0, 0.1) is 13.8 Å². The Hall–Kier alpha value is -1.43. The molecule has 1 rings (SSSR count). The average molecular weight is 231 g/mol. The summed E-state index contributed by atoms with van der Waals surface area (Å²) in [6.45, 7) is 3.04. The first kappa shape index (κ1) is 11.6. The molecule has 4 nitrogen and oxygen atoms in total. The van der Waals surface area contributed by atoms with Crippen LogP contribution in [0.4, 0.5) is 3.89 Å². The van der Waals surface area contributed by atoms with Gasteiger partial charge in [-0.25, -0.2) is 0 Å². The molecular formula is C9H10FNO3S.